The normalized spacial score (nSPS) is 23.3. The molecule has 1 aliphatic carbocycles. The van der Waals surface area contributed by atoms with Crippen LogP contribution in [0.2, 0.25) is 0 Å². The number of hydrogen-bond acceptors (Lipinski definition) is 2. The zero-order chi connectivity index (χ0) is 13.7. The van der Waals surface area contributed by atoms with Gasteiger partial charge in [-0.1, -0.05) is 25.5 Å². The van der Waals surface area contributed by atoms with E-state index < -0.39 is 0 Å². The third kappa shape index (κ3) is 3.47. The Morgan fingerprint density at radius 2 is 2.21 bits per heavy atom. The molecule has 1 aromatic rings. The number of methoxy groups -OCH3 is 1. The van der Waals surface area contributed by atoms with Crippen LogP contribution in [0.25, 0.3) is 0 Å². The summed E-state index contributed by atoms with van der Waals surface area (Å²) in [5.74, 6) is 0.505. The molecule has 0 aromatic heterocycles. The highest BCUT2D eigenvalue weighted by Crippen LogP contribution is 2.36. The molecular formula is C16H24FNO. The molecule has 0 bridgehead atoms. The Labute approximate surface area is 115 Å². The van der Waals surface area contributed by atoms with Crippen molar-refractivity contribution in [2.75, 3.05) is 13.7 Å². The van der Waals surface area contributed by atoms with E-state index >= 15 is 0 Å². The number of ether oxygens (including phenoxy) is 1. The summed E-state index contributed by atoms with van der Waals surface area (Å²) in [4.78, 5) is 0. The molecule has 1 aromatic carbocycles. The molecule has 1 saturated carbocycles. The first-order chi connectivity index (χ1) is 9.26. The van der Waals surface area contributed by atoms with Gasteiger partial charge in [0.15, 0.2) is 11.6 Å². The summed E-state index contributed by atoms with van der Waals surface area (Å²) in [5.41, 5.74) is 0.822. The Balaban J connectivity index is 2.08. The zero-order valence-electron chi connectivity index (χ0n) is 11.9. The van der Waals surface area contributed by atoms with Gasteiger partial charge in [-0.15, -0.1) is 0 Å². The fraction of sp³-hybridized carbons (Fsp3) is 0.625. The lowest BCUT2D eigenvalue weighted by molar-refractivity contribution is 0.329. The average molecular weight is 265 g/mol. The van der Waals surface area contributed by atoms with Gasteiger partial charge in [-0.25, -0.2) is 4.39 Å². The van der Waals surface area contributed by atoms with Crippen molar-refractivity contribution >= 4 is 0 Å². The summed E-state index contributed by atoms with van der Waals surface area (Å²) in [7, 11) is 1.52. The Morgan fingerprint density at radius 3 is 2.95 bits per heavy atom. The van der Waals surface area contributed by atoms with E-state index in [0.29, 0.717) is 17.7 Å². The van der Waals surface area contributed by atoms with Crippen LogP contribution in [0.3, 0.4) is 0 Å². The van der Waals surface area contributed by atoms with E-state index in [-0.39, 0.29) is 5.82 Å². The smallest absolute Gasteiger partial charge is 0.168 e. The minimum atomic E-state index is -0.175. The van der Waals surface area contributed by atoms with Gasteiger partial charge in [-0.3, -0.25) is 0 Å². The van der Waals surface area contributed by atoms with Crippen molar-refractivity contribution in [3.8, 4) is 5.75 Å². The van der Waals surface area contributed by atoms with Gasteiger partial charge in [0, 0.05) is 6.04 Å². The molecule has 0 amide bonds. The maximum Gasteiger partial charge on any atom is 0.168 e. The van der Waals surface area contributed by atoms with Gasteiger partial charge in [-0.05, 0) is 49.8 Å². The lowest BCUT2D eigenvalue weighted by Crippen LogP contribution is -2.34. The minimum Gasteiger partial charge on any atom is -0.494 e. The molecule has 2 unspecified atom stereocenters. The molecule has 0 spiro atoms. The largest absolute Gasteiger partial charge is 0.494 e. The van der Waals surface area contributed by atoms with Crippen molar-refractivity contribution in [1.29, 1.82) is 0 Å². The van der Waals surface area contributed by atoms with Gasteiger partial charge in [0.1, 0.15) is 0 Å². The fourth-order valence-corrected chi connectivity index (χ4v) is 3.01. The quantitative estimate of drug-likeness (QED) is 0.873. The first-order valence-corrected chi connectivity index (χ1v) is 7.32. The maximum absolute atomic E-state index is 14.3. The van der Waals surface area contributed by atoms with Gasteiger partial charge in [-0.2, -0.15) is 0 Å². The van der Waals surface area contributed by atoms with E-state index in [4.69, 9.17) is 4.74 Å². The Morgan fingerprint density at radius 1 is 1.37 bits per heavy atom. The van der Waals surface area contributed by atoms with Crippen LogP contribution in [-0.4, -0.2) is 19.7 Å². The van der Waals surface area contributed by atoms with Crippen molar-refractivity contribution in [2.45, 2.75) is 51.0 Å². The Bertz CT molecular complexity index is 408. The van der Waals surface area contributed by atoms with Gasteiger partial charge in [0.05, 0.1) is 7.11 Å². The molecule has 2 nitrogen and oxygen atoms in total. The van der Waals surface area contributed by atoms with Crippen LogP contribution in [0.1, 0.15) is 50.5 Å². The summed E-state index contributed by atoms with van der Waals surface area (Å²) < 4.78 is 19.4. The lowest BCUT2D eigenvalue weighted by atomic mass is 9.81. The molecule has 0 saturated heterocycles. The lowest BCUT2D eigenvalue weighted by Gasteiger charge is -2.30. The molecule has 0 aliphatic heterocycles. The number of halogens is 1. The number of hydrogen-bond donors (Lipinski definition) is 1. The van der Waals surface area contributed by atoms with Crippen LogP contribution in [0.5, 0.6) is 5.75 Å². The van der Waals surface area contributed by atoms with E-state index in [1.807, 2.05) is 12.1 Å². The number of rotatable bonds is 5. The van der Waals surface area contributed by atoms with Crippen molar-refractivity contribution in [1.82, 2.24) is 5.32 Å². The predicted molar refractivity (Wildman–Crippen MR) is 76.2 cm³/mol. The van der Waals surface area contributed by atoms with Crippen molar-refractivity contribution in [3.63, 3.8) is 0 Å². The molecule has 0 radical (unpaired) electrons. The number of nitrogens with one attached hydrogen (secondary N) is 1. The average Bonchev–Trinajstić information content (AvgIpc) is 2.45. The Hall–Kier alpha value is -1.09. The molecule has 0 heterocycles. The highest BCUT2D eigenvalue weighted by Gasteiger charge is 2.25. The van der Waals surface area contributed by atoms with Gasteiger partial charge in [0.2, 0.25) is 0 Å². The summed E-state index contributed by atoms with van der Waals surface area (Å²) >= 11 is 0. The van der Waals surface area contributed by atoms with Gasteiger partial charge >= 0.3 is 0 Å². The van der Waals surface area contributed by atoms with Crippen LogP contribution in [0.4, 0.5) is 4.39 Å². The molecule has 2 atom stereocenters. The summed E-state index contributed by atoms with van der Waals surface area (Å²) in [6.45, 7) is 3.23. The predicted octanol–water partition coefficient (Wildman–Crippen LogP) is 3.86. The van der Waals surface area contributed by atoms with Crippen molar-refractivity contribution < 1.29 is 9.13 Å². The van der Waals surface area contributed by atoms with Crippen LogP contribution in [0, 0.1) is 5.82 Å². The summed E-state index contributed by atoms with van der Waals surface area (Å²) in [5, 5.41) is 3.57. The second-order valence-electron chi connectivity index (χ2n) is 5.38. The first kappa shape index (κ1) is 14.3. The molecule has 1 aliphatic rings. The second kappa shape index (κ2) is 6.90. The molecule has 3 heteroatoms. The highest BCUT2D eigenvalue weighted by molar-refractivity contribution is 5.33. The van der Waals surface area contributed by atoms with E-state index in [1.54, 1.807) is 6.07 Å². The van der Waals surface area contributed by atoms with Crippen LogP contribution >= 0.6 is 0 Å². The van der Waals surface area contributed by atoms with Gasteiger partial charge < -0.3 is 10.1 Å². The molecule has 106 valence electrons. The fourth-order valence-electron chi connectivity index (χ4n) is 3.01. The minimum absolute atomic E-state index is 0.175. The van der Waals surface area contributed by atoms with Gasteiger partial charge in [0.25, 0.3) is 0 Å². The standard InChI is InChI=1S/C16H24FNO/c1-3-10-18-13-7-4-6-12(11-13)14-8-5-9-15(19-2)16(14)17/h5,8-9,12-13,18H,3-4,6-7,10-11H2,1-2H3. The SMILES string of the molecule is CCCNC1CCCC(c2cccc(OC)c2F)C1. The van der Waals surface area contributed by atoms with E-state index in [0.717, 1.165) is 31.4 Å². The third-order valence-corrected chi connectivity index (χ3v) is 4.01. The second-order valence-corrected chi connectivity index (χ2v) is 5.38. The highest BCUT2D eigenvalue weighted by atomic mass is 19.1. The Kier molecular flexibility index (Phi) is 5.20. The summed E-state index contributed by atoms with van der Waals surface area (Å²) in [6, 6.07) is 6.02. The van der Waals surface area contributed by atoms with Crippen LogP contribution in [-0.2, 0) is 0 Å². The monoisotopic (exact) mass is 265 g/mol. The van der Waals surface area contributed by atoms with Crippen LogP contribution in [0.15, 0.2) is 18.2 Å². The van der Waals surface area contributed by atoms with E-state index in [1.165, 1.54) is 20.0 Å². The third-order valence-electron chi connectivity index (χ3n) is 4.01. The summed E-state index contributed by atoms with van der Waals surface area (Å²) in [6.07, 6.45) is 5.64. The van der Waals surface area contributed by atoms with E-state index in [9.17, 15) is 4.39 Å². The molecule has 1 fully saturated rings. The molecule has 19 heavy (non-hydrogen) atoms. The topological polar surface area (TPSA) is 21.3 Å². The van der Waals surface area contributed by atoms with Crippen molar-refractivity contribution in [2.24, 2.45) is 0 Å². The number of benzene rings is 1. The van der Waals surface area contributed by atoms with E-state index in [2.05, 4.69) is 12.2 Å². The molecular weight excluding hydrogens is 241 g/mol. The molecule has 2 rings (SSSR count). The zero-order valence-corrected chi connectivity index (χ0v) is 11.9. The molecule has 1 N–H and O–H groups in total. The maximum atomic E-state index is 14.3. The first-order valence-electron chi connectivity index (χ1n) is 7.32. The van der Waals surface area contributed by atoms with Crippen LogP contribution < -0.4 is 10.1 Å². The van der Waals surface area contributed by atoms with Crippen molar-refractivity contribution in [3.05, 3.63) is 29.6 Å².